The molecule has 4 heteroatoms. The van der Waals surface area contributed by atoms with Gasteiger partial charge in [0.15, 0.2) is 0 Å². The van der Waals surface area contributed by atoms with Crippen molar-refractivity contribution in [3.8, 4) is 0 Å². The molecule has 0 radical (unpaired) electrons. The molecule has 0 bridgehead atoms. The van der Waals surface area contributed by atoms with E-state index in [1.807, 2.05) is 0 Å². The molecule has 1 saturated heterocycles. The first-order chi connectivity index (χ1) is 4.86. The Kier molecular flexibility index (Phi) is 5.37. The molecule has 1 aliphatic rings. The molecule has 0 aliphatic carbocycles. The normalized spacial score (nSPS) is 34.4. The molecular formula is C6H10Hg2O2. The summed E-state index contributed by atoms with van der Waals surface area (Å²) in [4.78, 5) is 0. The predicted molar refractivity (Wildman–Crippen MR) is 29.1 cm³/mol. The van der Waals surface area contributed by atoms with Gasteiger partial charge in [0.2, 0.25) is 0 Å². The van der Waals surface area contributed by atoms with Gasteiger partial charge in [0.25, 0.3) is 0 Å². The first-order valence-electron chi connectivity index (χ1n) is 3.68. The van der Waals surface area contributed by atoms with Gasteiger partial charge < -0.3 is 0 Å². The molecule has 0 aromatic rings. The molecule has 1 rings (SSSR count). The number of hydrogen-bond donors (Lipinski definition) is 0. The van der Waals surface area contributed by atoms with Crippen LogP contribution in [0.25, 0.3) is 0 Å². The van der Waals surface area contributed by atoms with Crippen molar-refractivity contribution < 1.29 is 61.7 Å². The van der Waals surface area contributed by atoms with Gasteiger partial charge in [-0.15, -0.1) is 0 Å². The van der Waals surface area contributed by atoms with E-state index < -0.39 is 0 Å². The second kappa shape index (κ2) is 5.44. The summed E-state index contributed by atoms with van der Waals surface area (Å²) in [5, 5.41) is 0. The first kappa shape index (κ1) is 9.87. The third kappa shape index (κ3) is 3.03. The Morgan fingerprint density at radius 2 is 1.40 bits per heavy atom. The molecule has 1 aliphatic heterocycles. The Labute approximate surface area is 94.0 Å². The molecule has 0 amide bonds. The summed E-state index contributed by atoms with van der Waals surface area (Å²) >= 11 is 1.74. The van der Waals surface area contributed by atoms with E-state index in [9.17, 15) is 0 Å². The van der Waals surface area contributed by atoms with Gasteiger partial charge in [-0.3, -0.25) is 0 Å². The molecule has 0 N–H and O–H groups in total. The van der Waals surface area contributed by atoms with E-state index in [1.165, 1.54) is 7.86 Å². The van der Waals surface area contributed by atoms with Crippen LogP contribution in [0.1, 0.15) is 0 Å². The van der Waals surface area contributed by atoms with Crippen LogP contribution in [-0.4, -0.2) is 25.4 Å². The molecule has 2 atom stereocenters. The van der Waals surface area contributed by atoms with Gasteiger partial charge in [-0.1, -0.05) is 0 Å². The average molecular weight is 515 g/mol. The van der Waals surface area contributed by atoms with E-state index in [0.717, 1.165) is 65.5 Å². The van der Waals surface area contributed by atoms with Gasteiger partial charge in [0.1, 0.15) is 0 Å². The first-order valence-corrected chi connectivity index (χ1v) is 11.5. The third-order valence-corrected chi connectivity index (χ3v) is 6.69. The van der Waals surface area contributed by atoms with Crippen molar-refractivity contribution in [3.05, 3.63) is 0 Å². The van der Waals surface area contributed by atoms with Crippen LogP contribution in [0, 0.1) is 0 Å². The van der Waals surface area contributed by atoms with Crippen molar-refractivity contribution >= 4 is 0 Å². The fraction of sp³-hybridized carbons (Fsp3) is 1.00. The molecule has 50 valence electrons. The van der Waals surface area contributed by atoms with Crippen molar-refractivity contribution in [2.45, 2.75) is 20.1 Å². The molecule has 10 heavy (non-hydrogen) atoms. The van der Waals surface area contributed by atoms with Crippen LogP contribution in [0.2, 0.25) is 7.86 Å². The van der Waals surface area contributed by atoms with Gasteiger partial charge in [0.05, 0.1) is 0 Å². The van der Waals surface area contributed by atoms with Crippen molar-refractivity contribution in [3.63, 3.8) is 0 Å². The molecule has 0 spiro atoms. The molecule has 0 aromatic carbocycles. The zero-order valence-corrected chi connectivity index (χ0v) is 17.2. The predicted octanol–water partition coefficient (Wildman–Crippen LogP) is 0.701. The van der Waals surface area contributed by atoms with E-state index in [0.29, 0.717) is 12.2 Å². The van der Waals surface area contributed by atoms with E-state index in [1.54, 1.807) is 0 Å². The molecule has 2 unspecified atom stereocenters. The van der Waals surface area contributed by atoms with Gasteiger partial charge in [-0.2, -0.15) is 0 Å². The topological polar surface area (TPSA) is 18.5 Å². The Morgan fingerprint density at radius 1 is 1.00 bits per heavy atom. The van der Waals surface area contributed by atoms with Crippen molar-refractivity contribution in [2.75, 3.05) is 13.2 Å². The third-order valence-electron chi connectivity index (χ3n) is 1.68. The van der Waals surface area contributed by atoms with Crippen molar-refractivity contribution in [1.82, 2.24) is 0 Å². The maximum absolute atomic E-state index is 5.59. The summed E-state index contributed by atoms with van der Waals surface area (Å²) in [6.07, 6.45) is 0.916. The zero-order chi connectivity index (χ0) is 7.40. The Bertz CT molecular complexity index is 79.7. The van der Waals surface area contributed by atoms with Gasteiger partial charge >= 0.3 is 95.0 Å². The van der Waals surface area contributed by atoms with Gasteiger partial charge in [-0.25, -0.2) is 0 Å². The molecule has 0 aromatic heterocycles. The summed E-state index contributed by atoms with van der Waals surface area (Å²) < 4.78 is 13.7. The van der Waals surface area contributed by atoms with Crippen LogP contribution < -0.4 is 0 Å². The second-order valence-electron chi connectivity index (χ2n) is 2.49. The molecule has 1 heterocycles. The number of hydrogen-bond acceptors (Lipinski definition) is 2. The van der Waals surface area contributed by atoms with Crippen molar-refractivity contribution in [2.24, 2.45) is 0 Å². The minimum absolute atomic E-state index is 0.458. The van der Waals surface area contributed by atoms with Crippen LogP contribution in [0.3, 0.4) is 0 Å². The van der Waals surface area contributed by atoms with E-state index in [2.05, 4.69) is 0 Å². The molecule has 0 saturated carbocycles. The fourth-order valence-electron chi connectivity index (χ4n) is 0.916. The number of rotatable bonds is 2. The van der Waals surface area contributed by atoms with Crippen LogP contribution in [0.5, 0.6) is 0 Å². The van der Waals surface area contributed by atoms with Gasteiger partial charge in [0, 0.05) is 0 Å². The van der Waals surface area contributed by atoms with Gasteiger partial charge in [-0.05, 0) is 0 Å². The van der Waals surface area contributed by atoms with Crippen LogP contribution in [0.15, 0.2) is 0 Å². The summed E-state index contributed by atoms with van der Waals surface area (Å²) in [6, 6.07) is 0. The Hall–Kier alpha value is 1.79. The van der Waals surface area contributed by atoms with Crippen LogP contribution >= 0.6 is 0 Å². The minimum atomic E-state index is 0.458. The fourth-order valence-corrected chi connectivity index (χ4v) is 3.51. The summed E-state index contributed by atoms with van der Waals surface area (Å²) in [6.45, 7) is 1.73. The standard InChI is InChI=1S/C6H10O2.2Hg/c1-5-3-8-6(2)4-7-5;;/h5-6H,1-4H2;;. The molecule has 1 fully saturated rings. The van der Waals surface area contributed by atoms with Crippen molar-refractivity contribution in [1.29, 1.82) is 0 Å². The zero-order valence-electron chi connectivity index (χ0n) is 6.21. The maximum atomic E-state index is 5.59. The monoisotopic (exact) mass is 518 g/mol. The molecular weight excluding hydrogens is 505 g/mol. The van der Waals surface area contributed by atoms with Crippen LogP contribution in [0.4, 0.5) is 0 Å². The Balaban J connectivity index is 2.17. The van der Waals surface area contributed by atoms with Crippen LogP contribution in [-0.2, 0) is 61.7 Å². The quantitative estimate of drug-likeness (QED) is 0.505. The number of ether oxygens (including phenoxy) is 2. The van der Waals surface area contributed by atoms with E-state index in [-0.39, 0.29) is 0 Å². The molecule has 2 nitrogen and oxygen atoms in total. The van der Waals surface area contributed by atoms with E-state index >= 15 is 0 Å². The van der Waals surface area contributed by atoms with E-state index in [4.69, 9.17) is 9.47 Å². The summed E-state index contributed by atoms with van der Waals surface area (Å²) in [7, 11) is 0. The summed E-state index contributed by atoms with van der Waals surface area (Å²) in [5.74, 6) is 0. The summed E-state index contributed by atoms with van der Waals surface area (Å²) in [5.41, 5.74) is 0. The SMILES string of the molecule is [Hg][CH2]C1COC([CH2][Hg])CO1. The average Bonchev–Trinajstić information content (AvgIpc) is 2.05. The Morgan fingerprint density at radius 3 is 1.60 bits per heavy atom. The second-order valence-corrected chi connectivity index (χ2v) is 6.98.